The molecule has 3 aromatic carbocycles. The van der Waals surface area contributed by atoms with E-state index < -0.39 is 29.2 Å². The highest BCUT2D eigenvalue weighted by Crippen LogP contribution is 2.28. The quantitative estimate of drug-likeness (QED) is 0.0882. The molecule has 1 fully saturated rings. The first kappa shape index (κ1) is 35.0. The Morgan fingerprint density at radius 2 is 1.30 bits per heavy atom. The molecule has 0 bridgehead atoms. The monoisotopic (exact) mass is 637 g/mol. The normalized spacial score (nSPS) is 19.9. The molecule has 1 aliphatic heterocycles. The predicted octanol–water partition coefficient (Wildman–Crippen LogP) is 4.35. The summed E-state index contributed by atoms with van der Waals surface area (Å²) in [5, 5.41) is 14.8. The van der Waals surface area contributed by atoms with Crippen LogP contribution in [-0.2, 0) is 47.8 Å². The van der Waals surface area contributed by atoms with Crippen LogP contribution in [0.1, 0.15) is 16.7 Å². The molecule has 248 valence electrons. The number of carbonyl (C=O) groups is 1. The van der Waals surface area contributed by atoms with Crippen molar-refractivity contribution >= 4 is 11.7 Å². The van der Waals surface area contributed by atoms with Gasteiger partial charge in [0.1, 0.15) is 25.8 Å². The average Bonchev–Trinajstić information content (AvgIpc) is 3.16. The molecule has 0 unspecified atom stereocenters. The fourth-order valence-corrected chi connectivity index (χ4v) is 5.44. The number of benzene rings is 3. The number of hydrogen-bond acceptors (Lipinski definition) is 9. The standard InChI is InChI=1S/C34H43N3O9/c1-41-16-18-43-24-45-32-30(21-26-10-5-3-6-11-26)35-34(38)36(23-28-14-9-15-29(20-28)37(39)40)31(22-27-12-7-4-8-13-27)33(32)46-25-44-19-17-42-2/h3-15,20,30-33H,16-19,21-25H2,1-2H3,(H,35,38)/t30-,31-,32+,33+/m1/s1. The summed E-state index contributed by atoms with van der Waals surface area (Å²) in [6, 6.07) is 24.5. The van der Waals surface area contributed by atoms with Crippen LogP contribution in [0.2, 0.25) is 0 Å². The van der Waals surface area contributed by atoms with E-state index in [1.807, 2.05) is 60.7 Å². The molecule has 12 nitrogen and oxygen atoms in total. The minimum Gasteiger partial charge on any atom is -0.382 e. The van der Waals surface area contributed by atoms with Crippen molar-refractivity contribution < 1.29 is 38.1 Å². The molecule has 0 aromatic heterocycles. The van der Waals surface area contributed by atoms with Gasteiger partial charge in [0.15, 0.2) is 0 Å². The molecule has 46 heavy (non-hydrogen) atoms. The van der Waals surface area contributed by atoms with Crippen molar-refractivity contribution in [3.05, 3.63) is 112 Å². The molecule has 0 radical (unpaired) electrons. The second-order valence-electron chi connectivity index (χ2n) is 10.9. The zero-order valence-corrected chi connectivity index (χ0v) is 26.3. The van der Waals surface area contributed by atoms with E-state index >= 15 is 0 Å². The number of ether oxygens (including phenoxy) is 6. The highest BCUT2D eigenvalue weighted by molar-refractivity contribution is 5.76. The van der Waals surface area contributed by atoms with E-state index in [0.29, 0.717) is 44.8 Å². The Morgan fingerprint density at radius 1 is 0.739 bits per heavy atom. The van der Waals surface area contributed by atoms with Crippen molar-refractivity contribution in [2.45, 2.75) is 43.7 Å². The smallest absolute Gasteiger partial charge is 0.318 e. The van der Waals surface area contributed by atoms with E-state index in [2.05, 4.69) is 5.32 Å². The summed E-state index contributed by atoms with van der Waals surface area (Å²) in [5.74, 6) is 0. The zero-order chi connectivity index (χ0) is 32.6. The third-order valence-electron chi connectivity index (χ3n) is 7.68. The third kappa shape index (κ3) is 10.6. The molecule has 2 amide bonds. The summed E-state index contributed by atoms with van der Waals surface area (Å²) in [5.41, 5.74) is 2.54. The number of rotatable bonds is 19. The van der Waals surface area contributed by atoms with Gasteiger partial charge in [0.05, 0.1) is 43.4 Å². The molecular formula is C34H43N3O9. The van der Waals surface area contributed by atoms with Crippen LogP contribution in [0.3, 0.4) is 0 Å². The number of urea groups is 1. The number of nitro benzene ring substituents is 1. The summed E-state index contributed by atoms with van der Waals surface area (Å²) >= 11 is 0. The molecule has 12 heteroatoms. The molecule has 0 aliphatic carbocycles. The average molecular weight is 638 g/mol. The van der Waals surface area contributed by atoms with Crippen LogP contribution in [0.25, 0.3) is 0 Å². The van der Waals surface area contributed by atoms with Gasteiger partial charge in [0.2, 0.25) is 0 Å². The summed E-state index contributed by atoms with van der Waals surface area (Å²) in [7, 11) is 3.19. The van der Waals surface area contributed by atoms with Gasteiger partial charge in [-0.25, -0.2) is 4.79 Å². The van der Waals surface area contributed by atoms with Gasteiger partial charge in [-0.3, -0.25) is 10.1 Å². The second kappa shape index (κ2) is 18.9. The first-order chi connectivity index (χ1) is 22.5. The minimum absolute atomic E-state index is 0.0527. The first-order valence-electron chi connectivity index (χ1n) is 15.2. The molecule has 1 aliphatic rings. The van der Waals surface area contributed by atoms with Crippen molar-refractivity contribution in [2.75, 3.05) is 54.2 Å². The van der Waals surface area contributed by atoms with Crippen molar-refractivity contribution in [3.8, 4) is 0 Å². The van der Waals surface area contributed by atoms with E-state index in [0.717, 1.165) is 11.1 Å². The molecule has 0 spiro atoms. The lowest BCUT2D eigenvalue weighted by molar-refractivity contribution is -0.384. The van der Waals surface area contributed by atoms with Gasteiger partial charge in [-0.05, 0) is 29.5 Å². The lowest BCUT2D eigenvalue weighted by atomic mass is 9.91. The molecule has 4 rings (SSSR count). The Labute approximate surface area is 269 Å². The van der Waals surface area contributed by atoms with Crippen LogP contribution >= 0.6 is 0 Å². The minimum atomic E-state index is -0.694. The van der Waals surface area contributed by atoms with Gasteiger partial charge in [-0.1, -0.05) is 72.8 Å². The Bertz CT molecular complexity index is 1330. The van der Waals surface area contributed by atoms with Gasteiger partial charge in [-0.2, -0.15) is 0 Å². The number of amides is 2. The van der Waals surface area contributed by atoms with E-state index in [1.54, 1.807) is 31.3 Å². The number of non-ortho nitro benzene ring substituents is 1. The van der Waals surface area contributed by atoms with Gasteiger partial charge in [0.25, 0.3) is 5.69 Å². The van der Waals surface area contributed by atoms with Gasteiger partial charge in [0, 0.05) is 32.9 Å². The third-order valence-corrected chi connectivity index (χ3v) is 7.68. The molecule has 3 aromatic rings. The van der Waals surface area contributed by atoms with Crippen LogP contribution in [0.4, 0.5) is 10.5 Å². The maximum atomic E-state index is 14.2. The van der Waals surface area contributed by atoms with Gasteiger partial charge < -0.3 is 38.6 Å². The highest BCUT2D eigenvalue weighted by Gasteiger charge is 2.45. The maximum Gasteiger partial charge on any atom is 0.318 e. The van der Waals surface area contributed by atoms with Crippen LogP contribution in [-0.4, -0.2) is 94.4 Å². The SMILES string of the molecule is COCCOCO[C@@H]1[C@@H](OCOCCOC)[C@@H](Cc2ccccc2)NC(=O)N(Cc2cccc([N+](=O)[O-])c2)[C@@H]1Cc1ccccc1. The van der Waals surface area contributed by atoms with Crippen LogP contribution < -0.4 is 5.32 Å². The molecule has 1 heterocycles. The lowest BCUT2D eigenvalue weighted by Crippen LogP contribution is -2.53. The fraction of sp³-hybridized carbons (Fsp3) is 0.441. The molecule has 1 saturated heterocycles. The highest BCUT2D eigenvalue weighted by atomic mass is 16.7. The summed E-state index contributed by atoms with van der Waals surface area (Å²) in [6.07, 6.45) is -0.474. The van der Waals surface area contributed by atoms with E-state index in [9.17, 15) is 14.9 Å². The maximum absolute atomic E-state index is 14.2. The van der Waals surface area contributed by atoms with Crippen LogP contribution in [0, 0.1) is 10.1 Å². The summed E-state index contributed by atoms with van der Waals surface area (Å²) < 4.78 is 34.7. The largest absolute Gasteiger partial charge is 0.382 e. The number of hydrogen-bond donors (Lipinski definition) is 1. The van der Waals surface area contributed by atoms with Crippen molar-refractivity contribution in [1.82, 2.24) is 10.2 Å². The number of methoxy groups -OCH3 is 2. The van der Waals surface area contributed by atoms with E-state index in [-0.39, 0.29) is 31.8 Å². The van der Waals surface area contributed by atoms with E-state index in [1.165, 1.54) is 12.1 Å². The summed E-state index contributed by atoms with van der Waals surface area (Å²) in [4.78, 5) is 27.0. The topological polar surface area (TPSA) is 131 Å². The Kier molecular flexibility index (Phi) is 14.4. The predicted molar refractivity (Wildman–Crippen MR) is 170 cm³/mol. The van der Waals surface area contributed by atoms with Gasteiger partial charge >= 0.3 is 6.03 Å². The van der Waals surface area contributed by atoms with Crippen LogP contribution in [0.5, 0.6) is 0 Å². The van der Waals surface area contributed by atoms with E-state index in [4.69, 9.17) is 28.4 Å². The number of nitro groups is 1. The van der Waals surface area contributed by atoms with Crippen molar-refractivity contribution in [2.24, 2.45) is 0 Å². The molecule has 0 saturated carbocycles. The van der Waals surface area contributed by atoms with Gasteiger partial charge in [-0.15, -0.1) is 0 Å². The molecule has 1 N–H and O–H groups in total. The number of nitrogens with zero attached hydrogens (tertiary/aromatic N) is 2. The van der Waals surface area contributed by atoms with Crippen LogP contribution in [0.15, 0.2) is 84.9 Å². The molecule has 4 atom stereocenters. The Balaban J connectivity index is 1.75. The number of carbonyl (C=O) groups excluding carboxylic acids is 1. The first-order valence-corrected chi connectivity index (χ1v) is 15.2. The van der Waals surface area contributed by atoms with Crippen molar-refractivity contribution in [3.63, 3.8) is 0 Å². The molecular weight excluding hydrogens is 594 g/mol. The Hall–Kier alpha value is -3.91. The Morgan fingerprint density at radius 3 is 1.89 bits per heavy atom. The lowest BCUT2D eigenvalue weighted by Gasteiger charge is -2.37. The summed E-state index contributed by atoms with van der Waals surface area (Å²) in [6.45, 7) is 1.42. The number of nitrogens with one attached hydrogen (secondary N) is 1. The fourth-order valence-electron chi connectivity index (χ4n) is 5.44. The zero-order valence-electron chi connectivity index (χ0n) is 26.3. The second-order valence-corrected chi connectivity index (χ2v) is 10.9. The van der Waals surface area contributed by atoms with Crippen molar-refractivity contribution in [1.29, 1.82) is 0 Å².